The summed E-state index contributed by atoms with van der Waals surface area (Å²) in [5.41, 5.74) is 2.02. The minimum Gasteiger partial charge on any atom is -0.444 e. The molecule has 2 fully saturated rings. The van der Waals surface area contributed by atoms with Crippen molar-refractivity contribution in [1.82, 2.24) is 20.9 Å². The molecule has 2 saturated heterocycles. The van der Waals surface area contributed by atoms with Crippen LogP contribution in [0.4, 0.5) is 9.18 Å². The van der Waals surface area contributed by atoms with Gasteiger partial charge in [-0.2, -0.15) is 0 Å². The maximum Gasteiger partial charge on any atom is 0.408 e. The number of hydrogen-bond acceptors (Lipinski definition) is 6. The lowest BCUT2D eigenvalue weighted by atomic mass is 9.68. The van der Waals surface area contributed by atoms with E-state index in [0.717, 1.165) is 0 Å². The smallest absolute Gasteiger partial charge is 0.408 e. The van der Waals surface area contributed by atoms with E-state index in [1.807, 2.05) is 6.08 Å². The van der Waals surface area contributed by atoms with Crippen LogP contribution in [-0.2, 0) is 23.9 Å². The number of primary amides is 1. The van der Waals surface area contributed by atoms with Crippen LogP contribution < -0.4 is 21.7 Å². The molecule has 0 radical (unpaired) electrons. The second kappa shape index (κ2) is 11.6. The molecule has 0 aromatic heterocycles. The fourth-order valence-corrected chi connectivity index (χ4v) is 6.13. The van der Waals surface area contributed by atoms with E-state index in [1.54, 1.807) is 61.5 Å². The van der Waals surface area contributed by atoms with Crippen LogP contribution in [0.5, 0.6) is 0 Å². The minimum absolute atomic E-state index is 0.00428. The van der Waals surface area contributed by atoms with Crippen molar-refractivity contribution in [2.75, 3.05) is 13.1 Å². The number of hydrogen-bond donors (Lipinski definition) is 4. The third kappa shape index (κ3) is 7.01. The number of ether oxygens (including phenoxy) is 1. The predicted octanol–water partition coefficient (Wildman–Crippen LogP) is 1.80. The predicted molar refractivity (Wildman–Crippen MR) is 150 cm³/mol. The summed E-state index contributed by atoms with van der Waals surface area (Å²) in [5.74, 6) is -4.87. The highest BCUT2D eigenvalue weighted by Gasteiger charge is 2.62. The van der Waals surface area contributed by atoms with Gasteiger partial charge in [-0.1, -0.05) is 46.8 Å². The minimum atomic E-state index is -1.94. The number of alkyl halides is 1. The van der Waals surface area contributed by atoms with Gasteiger partial charge in [0, 0.05) is 24.3 Å². The number of alkyl carbamates (subject to hydrolysis) is 1. The summed E-state index contributed by atoms with van der Waals surface area (Å²) in [6.07, 6.45) is 3.25. The normalized spacial score (nSPS) is 31.1. The molecule has 41 heavy (non-hydrogen) atoms. The molecule has 8 atom stereocenters. The van der Waals surface area contributed by atoms with E-state index in [9.17, 15) is 24.0 Å². The van der Waals surface area contributed by atoms with Gasteiger partial charge in [0.15, 0.2) is 0 Å². The summed E-state index contributed by atoms with van der Waals surface area (Å²) in [6, 6.07) is -3.63. The molecule has 12 heteroatoms. The van der Waals surface area contributed by atoms with Gasteiger partial charge in [-0.25, -0.2) is 9.18 Å². The molecule has 1 aliphatic carbocycles. The zero-order valence-electron chi connectivity index (χ0n) is 25.4. The number of amides is 5. The SMILES string of the molecule is C[C@@H]1C=C[C@H](C)[C@@]2(F)CN(C(=O)[C@@H](NC(=O)OC(C)(C)C)C(C)(C)C)[C@H](C(=O)N[C@@H](C[C@@H]3CCNC3=O)C(N)=O)[C@@H]12. The highest BCUT2D eigenvalue weighted by Crippen LogP contribution is 2.49. The van der Waals surface area contributed by atoms with Crippen molar-refractivity contribution in [3.05, 3.63) is 12.2 Å². The topological polar surface area (TPSA) is 160 Å². The average molecular weight is 580 g/mol. The molecule has 5 amide bonds. The first-order chi connectivity index (χ1) is 18.8. The highest BCUT2D eigenvalue weighted by molar-refractivity contribution is 5.95. The fraction of sp³-hybridized carbons (Fsp3) is 0.759. The van der Waals surface area contributed by atoms with Crippen LogP contribution in [-0.4, -0.2) is 77.1 Å². The van der Waals surface area contributed by atoms with Gasteiger partial charge in [-0.15, -0.1) is 0 Å². The van der Waals surface area contributed by atoms with E-state index in [1.165, 1.54) is 4.90 Å². The van der Waals surface area contributed by atoms with Crippen LogP contribution in [0.25, 0.3) is 0 Å². The largest absolute Gasteiger partial charge is 0.444 e. The second-order valence-corrected chi connectivity index (χ2v) is 13.8. The first-order valence-electron chi connectivity index (χ1n) is 14.3. The van der Waals surface area contributed by atoms with Gasteiger partial charge in [0.1, 0.15) is 29.4 Å². The second-order valence-electron chi connectivity index (χ2n) is 13.8. The van der Waals surface area contributed by atoms with Crippen LogP contribution in [0.15, 0.2) is 12.2 Å². The Bertz CT molecular complexity index is 1100. The maximum atomic E-state index is 16.9. The summed E-state index contributed by atoms with van der Waals surface area (Å²) in [7, 11) is 0. The van der Waals surface area contributed by atoms with Crippen molar-refractivity contribution in [3.8, 4) is 0 Å². The molecule has 0 spiro atoms. The van der Waals surface area contributed by atoms with Crippen LogP contribution in [0, 0.1) is 29.1 Å². The summed E-state index contributed by atoms with van der Waals surface area (Å²) >= 11 is 0. The van der Waals surface area contributed by atoms with E-state index in [0.29, 0.717) is 13.0 Å². The van der Waals surface area contributed by atoms with Crippen molar-refractivity contribution in [1.29, 1.82) is 0 Å². The number of rotatable bonds is 7. The molecule has 0 aromatic rings. The number of nitrogens with two attached hydrogens (primary N) is 1. The molecular weight excluding hydrogens is 533 g/mol. The van der Waals surface area contributed by atoms with E-state index >= 15 is 4.39 Å². The number of carbonyl (C=O) groups is 5. The molecule has 2 aliphatic heterocycles. The molecule has 5 N–H and O–H groups in total. The molecule has 0 unspecified atom stereocenters. The quantitative estimate of drug-likeness (QED) is 0.337. The van der Waals surface area contributed by atoms with E-state index < -0.39 is 82.3 Å². The Morgan fingerprint density at radius 1 is 1.15 bits per heavy atom. The third-order valence-electron chi connectivity index (χ3n) is 8.34. The Hall–Kier alpha value is -3.18. The van der Waals surface area contributed by atoms with Crippen molar-refractivity contribution in [2.45, 2.75) is 97.6 Å². The van der Waals surface area contributed by atoms with E-state index in [4.69, 9.17) is 10.5 Å². The Kier molecular flexibility index (Phi) is 9.15. The lowest BCUT2D eigenvalue weighted by molar-refractivity contribution is -0.143. The van der Waals surface area contributed by atoms with Crippen LogP contribution in [0.3, 0.4) is 0 Å². The van der Waals surface area contributed by atoms with Crippen molar-refractivity contribution < 1.29 is 33.1 Å². The van der Waals surface area contributed by atoms with Crippen molar-refractivity contribution in [2.24, 2.45) is 34.8 Å². The molecular formula is C29H46FN5O6. The van der Waals surface area contributed by atoms with Gasteiger partial charge in [-0.05, 0) is 44.9 Å². The molecule has 3 aliphatic rings. The number of nitrogens with zero attached hydrogens (tertiary/aromatic N) is 1. The number of allylic oxidation sites excluding steroid dienone is 2. The Morgan fingerprint density at radius 3 is 2.29 bits per heavy atom. The van der Waals surface area contributed by atoms with Gasteiger partial charge in [0.25, 0.3) is 0 Å². The molecule has 3 rings (SSSR count). The average Bonchev–Trinajstić information content (AvgIpc) is 3.38. The first kappa shape index (κ1) is 32.3. The Labute approximate surface area is 241 Å². The molecule has 230 valence electrons. The summed E-state index contributed by atoms with van der Waals surface area (Å²) in [4.78, 5) is 66.5. The van der Waals surface area contributed by atoms with Crippen molar-refractivity contribution in [3.63, 3.8) is 0 Å². The van der Waals surface area contributed by atoms with Gasteiger partial charge < -0.3 is 31.3 Å². The highest BCUT2D eigenvalue weighted by atomic mass is 19.1. The van der Waals surface area contributed by atoms with E-state index in [-0.39, 0.29) is 18.9 Å². The molecule has 11 nitrogen and oxygen atoms in total. The zero-order chi connectivity index (χ0) is 31.1. The number of nitrogens with one attached hydrogen (secondary N) is 3. The standard InChI is InChI=1S/C29H46FN5O6/c1-15-9-10-16(2)29(30)14-35(25(39)21(27(3,4)5)34-26(40)41-28(6,7)8)20(19(15)29)24(38)33-18(22(31)36)13-17-11-12-32-23(17)37/h9-10,15-21H,11-14H2,1-8H3,(H2,31,36)(H,32,37)(H,33,38)(H,34,40)/t15-,16+,17+,18+,19-,20+,21-,29+/m1/s1. The third-order valence-corrected chi connectivity index (χ3v) is 8.34. The summed E-state index contributed by atoms with van der Waals surface area (Å²) < 4.78 is 22.2. The molecule has 0 aromatic carbocycles. The lowest BCUT2D eigenvalue weighted by Gasteiger charge is -2.39. The number of likely N-dealkylation sites (tertiary alicyclic amines) is 1. The fourth-order valence-electron chi connectivity index (χ4n) is 6.13. The summed E-state index contributed by atoms with van der Waals surface area (Å²) in [6.45, 7) is 13.9. The summed E-state index contributed by atoms with van der Waals surface area (Å²) in [5, 5.41) is 7.97. The first-order valence-corrected chi connectivity index (χ1v) is 14.3. The van der Waals surface area contributed by atoms with Gasteiger partial charge in [0.2, 0.25) is 23.6 Å². The van der Waals surface area contributed by atoms with Crippen LogP contribution in [0.1, 0.15) is 68.2 Å². The maximum absolute atomic E-state index is 16.9. The number of carbonyl (C=O) groups excluding carboxylic acids is 5. The molecule has 2 heterocycles. The van der Waals surface area contributed by atoms with Crippen LogP contribution >= 0.6 is 0 Å². The van der Waals surface area contributed by atoms with Gasteiger partial charge in [-0.3, -0.25) is 19.2 Å². The van der Waals surface area contributed by atoms with Crippen LogP contribution in [0.2, 0.25) is 0 Å². The molecule has 0 saturated carbocycles. The number of halogens is 1. The Balaban J connectivity index is 1.97. The van der Waals surface area contributed by atoms with Gasteiger partial charge in [0.05, 0.1) is 6.54 Å². The molecule has 0 bridgehead atoms. The van der Waals surface area contributed by atoms with Crippen molar-refractivity contribution >= 4 is 29.7 Å². The van der Waals surface area contributed by atoms with E-state index in [2.05, 4.69) is 16.0 Å². The Morgan fingerprint density at radius 2 is 1.78 bits per heavy atom. The number of fused-ring (bicyclic) bond motifs is 1. The zero-order valence-corrected chi connectivity index (χ0v) is 25.4. The monoisotopic (exact) mass is 579 g/mol. The van der Waals surface area contributed by atoms with Gasteiger partial charge >= 0.3 is 6.09 Å². The lowest BCUT2D eigenvalue weighted by Crippen LogP contribution is -2.60.